The second-order valence-corrected chi connectivity index (χ2v) is 5.75. The van der Waals surface area contributed by atoms with Gasteiger partial charge in [-0.15, -0.1) is 0 Å². The van der Waals surface area contributed by atoms with Crippen molar-refractivity contribution in [2.45, 2.75) is 13.0 Å². The Bertz CT molecular complexity index is 606. The molecule has 0 aromatic heterocycles. The van der Waals surface area contributed by atoms with Crippen molar-refractivity contribution in [1.82, 2.24) is 5.32 Å². The number of nitrogens with one attached hydrogen (secondary N) is 1. The maximum atomic E-state index is 5.36. The van der Waals surface area contributed by atoms with Gasteiger partial charge in [-0.25, -0.2) is 0 Å². The molecule has 0 spiro atoms. The van der Waals surface area contributed by atoms with Gasteiger partial charge in [-0.05, 0) is 43.3 Å². The molecule has 4 heteroatoms. The van der Waals surface area contributed by atoms with Gasteiger partial charge in [0, 0.05) is 10.5 Å². The van der Waals surface area contributed by atoms with Crippen LogP contribution in [0.25, 0.3) is 0 Å². The minimum absolute atomic E-state index is 0.0586. The van der Waals surface area contributed by atoms with Crippen LogP contribution in [0.4, 0.5) is 0 Å². The van der Waals surface area contributed by atoms with Gasteiger partial charge in [0.1, 0.15) is 11.5 Å². The SMILES string of the molecule is CNC(c1cc(OC)cc(OC)c1)c1cc(C)ccc1Br. The minimum atomic E-state index is 0.0586. The Kier molecular flexibility index (Phi) is 5.26. The Labute approximate surface area is 134 Å². The van der Waals surface area contributed by atoms with E-state index >= 15 is 0 Å². The van der Waals surface area contributed by atoms with Crippen molar-refractivity contribution in [3.63, 3.8) is 0 Å². The highest BCUT2D eigenvalue weighted by Gasteiger charge is 2.17. The summed E-state index contributed by atoms with van der Waals surface area (Å²) in [6.45, 7) is 2.09. The van der Waals surface area contributed by atoms with Gasteiger partial charge >= 0.3 is 0 Å². The van der Waals surface area contributed by atoms with E-state index in [4.69, 9.17) is 9.47 Å². The second-order valence-electron chi connectivity index (χ2n) is 4.89. The third kappa shape index (κ3) is 3.57. The summed E-state index contributed by atoms with van der Waals surface area (Å²) < 4.78 is 11.8. The molecule has 1 unspecified atom stereocenters. The maximum absolute atomic E-state index is 5.36. The fourth-order valence-corrected chi connectivity index (χ4v) is 2.86. The summed E-state index contributed by atoms with van der Waals surface area (Å²) in [6, 6.07) is 12.3. The van der Waals surface area contributed by atoms with Gasteiger partial charge < -0.3 is 14.8 Å². The summed E-state index contributed by atoms with van der Waals surface area (Å²) in [4.78, 5) is 0. The normalized spacial score (nSPS) is 12.0. The molecule has 21 heavy (non-hydrogen) atoms. The molecular formula is C17H20BrNO2. The molecule has 0 bridgehead atoms. The van der Waals surface area contributed by atoms with Crippen LogP contribution in [0.3, 0.4) is 0 Å². The Hall–Kier alpha value is -1.52. The molecule has 0 aliphatic heterocycles. The van der Waals surface area contributed by atoms with E-state index in [1.54, 1.807) is 14.2 Å². The molecule has 2 aromatic carbocycles. The zero-order valence-electron chi connectivity index (χ0n) is 12.7. The van der Waals surface area contributed by atoms with Crippen LogP contribution < -0.4 is 14.8 Å². The highest BCUT2D eigenvalue weighted by atomic mass is 79.9. The summed E-state index contributed by atoms with van der Waals surface area (Å²) in [7, 11) is 5.27. The standard InChI is InChI=1S/C17H20BrNO2/c1-11-5-6-16(18)15(7-11)17(19-2)12-8-13(20-3)10-14(9-12)21-4/h5-10,17,19H,1-4H3. The molecule has 1 N–H and O–H groups in total. The average Bonchev–Trinajstić information content (AvgIpc) is 2.51. The van der Waals surface area contributed by atoms with Crippen molar-refractivity contribution in [2.75, 3.05) is 21.3 Å². The first-order chi connectivity index (χ1) is 10.1. The third-order valence-corrected chi connectivity index (χ3v) is 4.18. The van der Waals surface area contributed by atoms with E-state index in [2.05, 4.69) is 46.4 Å². The number of hydrogen-bond donors (Lipinski definition) is 1. The molecule has 0 aliphatic rings. The quantitative estimate of drug-likeness (QED) is 0.881. The number of benzene rings is 2. The smallest absolute Gasteiger partial charge is 0.122 e. The van der Waals surface area contributed by atoms with E-state index in [-0.39, 0.29) is 6.04 Å². The number of rotatable bonds is 5. The molecule has 0 saturated carbocycles. The van der Waals surface area contributed by atoms with Crippen molar-refractivity contribution in [3.05, 3.63) is 57.6 Å². The summed E-state index contributed by atoms with van der Waals surface area (Å²) in [6.07, 6.45) is 0. The van der Waals surface area contributed by atoms with E-state index in [1.807, 2.05) is 25.2 Å². The van der Waals surface area contributed by atoms with E-state index in [0.29, 0.717) is 0 Å². The van der Waals surface area contributed by atoms with Gasteiger partial charge in [-0.1, -0.05) is 33.6 Å². The Balaban J connectivity index is 2.52. The van der Waals surface area contributed by atoms with Crippen molar-refractivity contribution >= 4 is 15.9 Å². The maximum Gasteiger partial charge on any atom is 0.122 e. The molecule has 1 atom stereocenters. The van der Waals surface area contributed by atoms with Gasteiger partial charge in [0.15, 0.2) is 0 Å². The third-order valence-electron chi connectivity index (χ3n) is 3.46. The lowest BCUT2D eigenvalue weighted by molar-refractivity contribution is 0.392. The number of methoxy groups -OCH3 is 2. The van der Waals surface area contributed by atoms with Crippen LogP contribution in [0.15, 0.2) is 40.9 Å². The molecule has 0 fully saturated rings. The molecule has 0 radical (unpaired) electrons. The van der Waals surface area contributed by atoms with E-state index in [9.17, 15) is 0 Å². The second kappa shape index (κ2) is 6.96. The first kappa shape index (κ1) is 15.9. The lowest BCUT2D eigenvalue weighted by Crippen LogP contribution is -2.18. The predicted molar refractivity (Wildman–Crippen MR) is 89.3 cm³/mol. The van der Waals surface area contributed by atoms with Crippen LogP contribution in [-0.4, -0.2) is 21.3 Å². The van der Waals surface area contributed by atoms with Crippen LogP contribution in [0, 0.1) is 6.92 Å². The zero-order chi connectivity index (χ0) is 15.4. The van der Waals surface area contributed by atoms with Crippen molar-refractivity contribution < 1.29 is 9.47 Å². The van der Waals surface area contributed by atoms with Crippen molar-refractivity contribution in [2.24, 2.45) is 0 Å². The lowest BCUT2D eigenvalue weighted by Gasteiger charge is -2.20. The van der Waals surface area contributed by atoms with Crippen LogP contribution >= 0.6 is 15.9 Å². The van der Waals surface area contributed by atoms with Crippen LogP contribution in [0.1, 0.15) is 22.7 Å². The van der Waals surface area contributed by atoms with Gasteiger partial charge in [0.2, 0.25) is 0 Å². The number of ether oxygens (including phenoxy) is 2. The van der Waals surface area contributed by atoms with Crippen molar-refractivity contribution in [3.8, 4) is 11.5 Å². The van der Waals surface area contributed by atoms with Crippen LogP contribution in [0.5, 0.6) is 11.5 Å². The summed E-state index contributed by atoms with van der Waals surface area (Å²) >= 11 is 3.64. The topological polar surface area (TPSA) is 30.5 Å². The first-order valence-corrected chi connectivity index (χ1v) is 7.54. The summed E-state index contributed by atoms with van der Waals surface area (Å²) in [5.74, 6) is 1.57. The van der Waals surface area contributed by atoms with E-state index in [0.717, 1.165) is 21.5 Å². The molecule has 112 valence electrons. The predicted octanol–water partition coefficient (Wildman–Crippen LogP) is 4.08. The molecule has 0 heterocycles. The number of hydrogen-bond acceptors (Lipinski definition) is 3. The molecular weight excluding hydrogens is 330 g/mol. The fraction of sp³-hybridized carbons (Fsp3) is 0.294. The molecule has 3 nitrogen and oxygen atoms in total. The van der Waals surface area contributed by atoms with Crippen molar-refractivity contribution in [1.29, 1.82) is 0 Å². The van der Waals surface area contributed by atoms with E-state index in [1.165, 1.54) is 11.1 Å². The van der Waals surface area contributed by atoms with Gasteiger partial charge in [0.25, 0.3) is 0 Å². The lowest BCUT2D eigenvalue weighted by atomic mass is 9.97. The molecule has 2 aromatic rings. The largest absolute Gasteiger partial charge is 0.497 e. The zero-order valence-corrected chi connectivity index (χ0v) is 14.3. The monoisotopic (exact) mass is 349 g/mol. The summed E-state index contributed by atoms with van der Waals surface area (Å²) in [5.41, 5.74) is 3.51. The highest BCUT2D eigenvalue weighted by molar-refractivity contribution is 9.10. The van der Waals surface area contributed by atoms with Gasteiger partial charge in [0.05, 0.1) is 20.3 Å². The number of aryl methyl sites for hydroxylation is 1. The van der Waals surface area contributed by atoms with Crippen LogP contribution in [0.2, 0.25) is 0 Å². The van der Waals surface area contributed by atoms with Gasteiger partial charge in [-0.2, -0.15) is 0 Å². The average molecular weight is 350 g/mol. The molecule has 0 aliphatic carbocycles. The van der Waals surface area contributed by atoms with E-state index < -0.39 is 0 Å². The van der Waals surface area contributed by atoms with Crippen LogP contribution in [-0.2, 0) is 0 Å². The minimum Gasteiger partial charge on any atom is -0.497 e. The van der Waals surface area contributed by atoms with Gasteiger partial charge in [-0.3, -0.25) is 0 Å². The highest BCUT2D eigenvalue weighted by Crippen LogP contribution is 2.33. The molecule has 0 saturated heterocycles. The Morgan fingerprint density at radius 3 is 2.14 bits per heavy atom. The fourth-order valence-electron chi connectivity index (χ4n) is 2.38. The Morgan fingerprint density at radius 2 is 1.62 bits per heavy atom. The molecule has 0 amide bonds. The number of halogens is 1. The summed E-state index contributed by atoms with van der Waals surface area (Å²) in [5, 5.41) is 3.36. The Morgan fingerprint density at radius 1 is 1.00 bits per heavy atom. The molecule has 2 rings (SSSR count). The first-order valence-electron chi connectivity index (χ1n) is 6.75.